The summed E-state index contributed by atoms with van der Waals surface area (Å²) in [7, 11) is 0. The molecule has 2 rings (SSSR count). The minimum atomic E-state index is 0.470. The Hall–Kier alpha value is -2.03. The lowest BCUT2D eigenvalue weighted by Gasteiger charge is -2.19. The average molecular weight is 298 g/mol. The van der Waals surface area contributed by atoms with Gasteiger partial charge in [0.1, 0.15) is 5.76 Å². The molecule has 1 aromatic carbocycles. The molecule has 22 heavy (non-hydrogen) atoms. The van der Waals surface area contributed by atoms with Gasteiger partial charge in [-0.05, 0) is 29.9 Å². The monoisotopic (exact) mass is 298 g/mol. The molecular weight excluding hydrogens is 272 g/mol. The zero-order valence-corrected chi connectivity index (χ0v) is 14.2. The van der Waals surface area contributed by atoms with E-state index in [0.717, 1.165) is 12.3 Å². The Kier molecular flexibility index (Phi) is 5.42. The van der Waals surface area contributed by atoms with E-state index in [0.29, 0.717) is 17.8 Å². The third-order valence-electron chi connectivity index (χ3n) is 3.77. The lowest BCUT2D eigenvalue weighted by molar-refractivity contribution is 0.355. The number of aromatic nitrogens is 2. The standard InChI is InChI=1S/C19H26N2O/c1-14(2)18(15(3)4)16(5)22-19-20-11-12-21(19)13-17-9-7-6-8-10-17/h6-12,14-15H,13H2,1-5H3. The Morgan fingerprint density at radius 1 is 1.09 bits per heavy atom. The minimum absolute atomic E-state index is 0.470. The molecule has 0 N–H and O–H groups in total. The highest BCUT2D eigenvalue weighted by Crippen LogP contribution is 2.25. The van der Waals surface area contributed by atoms with Gasteiger partial charge in [-0.2, -0.15) is 0 Å². The van der Waals surface area contributed by atoms with Crippen molar-refractivity contribution in [3.8, 4) is 6.01 Å². The van der Waals surface area contributed by atoms with Crippen LogP contribution in [0.15, 0.2) is 54.1 Å². The maximum absolute atomic E-state index is 6.07. The Labute approximate surface area is 133 Å². The molecule has 0 bridgehead atoms. The molecule has 118 valence electrons. The second-order valence-corrected chi connectivity index (χ2v) is 6.25. The van der Waals surface area contributed by atoms with Crippen molar-refractivity contribution in [3.63, 3.8) is 0 Å². The number of nitrogens with zero attached hydrogens (tertiary/aromatic N) is 2. The first kappa shape index (κ1) is 16.3. The Balaban J connectivity index is 2.21. The molecule has 0 aliphatic rings. The van der Waals surface area contributed by atoms with Crippen LogP contribution in [0.1, 0.15) is 40.2 Å². The second kappa shape index (κ2) is 7.30. The molecule has 0 aliphatic carbocycles. The van der Waals surface area contributed by atoms with E-state index in [1.165, 1.54) is 11.1 Å². The van der Waals surface area contributed by atoms with Crippen LogP contribution in [0.3, 0.4) is 0 Å². The van der Waals surface area contributed by atoms with E-state index < -0.39 is 0 Å². The Morgan fingerprint density at radius 2 is 1.73 bits per heavy atom. The zero-order valence-electron chi connectivity index (χ0n) is 14.2. The highest BCUT2D eigenvalue weighted by molar-refractivity contribution is 5.19. The third-order valence-corrected chi connectivity index (χ3v) is 3.77. The van der Waals surface area contributed by atoms with Gasteiger partial charge in [-0.25, -0.2) is 4.98 Å². The fourth-order valence-corrected chi connectivity index (χ4v) is 2.98. The van der Waals surface area contributed by atoms with Gasteiger partial charge in [0.05, 0.1) is 6.54 Å². The fourth-order valence-electron chi connectivity index (χ4n) is 2.98. The first-order chi connectivity index (χ1) is 10.5. The first-order valence-corrected chi connectivity index (χ1v) is 7.92. The summed E-state index contributed by atoms with van der Waals surface area (Å²) in [6.45, 7) is 11.6. The van der Waals surface area contributed by atoms with E-state index in [-0.39, 0.29) is 0 Å². The van der Waals surface area contributed by atoms with E-state index in [1.807, 2.05) is 35.9 Å². The molecule has 0 saturated heterocycles. The summed E-state index contributed by atoms with van der Waals surface area (Å²) in [5.41, 5.74) is 2.58. The quantitative estimate of drug-likeness (QED) is 0.709. The van der Waals surface area contributed by atoms with Crippen LogP contribution in [0.25, 0.3) is 0 Å². The summed E-state index contributed by atoms with van der Waals surface area (Å²) in [6, 6.07) is 11.0. The highest BCUT2D eigenvalue weighted by atomic mass is 16.5. The number of hydrogen-bond acceptors (Lipinski definition) is 2. The molecule has 0 amide bonds. The van der Waals surface area contributed by atoms with Crippen molar-refractivity contribution in [1.29, 1.82) is 0 Å². The van der Waals surface area contributed by atoms with Gasteiger partial charge in [-0.1, -0.05) is 58.0 Å². The van der Waals surface area contributed by atoms with Crippen LogP contribution < -0.4 is 4.74 Å². The van der Waals surface area contributed by atoms with Crippen molar-refractivity contribution in [2.45, 2.75) is 41.2 Å². The van der Waals surface area contributed by atoms with Gasteiger partial charge < -0.3 is 4.74 Å². The van der Waals surface area contributed by atoms with Crippen LogP contribution >= 0.6 is 0 Å². The number of hydrogen-bond donors (Lipinski definition) is 0. The van der Waals surface area contributed by atoms with Crippen LogP contribution in [-0.4, -0.2) is 9.55 Å². The van der Waals surface area contributed by atoms with Gasteiger partial charge in [0.15, 0.2) is 0 Å². The molecule has 3 nitrogen and oxygen atoms in total. The van der Waals surface area contributed by atoms with E-state index in [4.69, 9.17) is 4.74 Å². The predicted octanol–water partition coefficient (Wildman–Crippen LogP) is 4.90. The van der Waals surface area contributed by atoms with Crippen molar-refractivity contribution in [2.75, 3.05) is 0 Å². The van der Waals surface area contributed by atoms with Crippen molar-refractivity contribution in [2.24, 2.45) is 11.8 Å². The first-order valence-electron chi connectivity index (χ1n) is 7.92. The number of ether oxygens (including phenoxy) is 1. The molecule has 1 aromatic heterocycles. The molecule has 0 saturated carbocycles. The van der Waals surface area contributed by atoms with E-state index >= 15 is 0 Å². The lowest BCUT2D eigenvalue weighted by atomic mass is 9.92. The normalized spacial score (nSPS) is 11.0. The zero-order chi connectivity index (χ0) is 16.1. The van der Waals surface area contributed by atoms with E-state index in [1.54, 1.807) is 6.20 Å². The van der Waals surface area contributed by atoms with Crippen molar-refractivity contribution >= 4 is 0 Å². The molecule has 0 fully saturated rings. The molecule has 0 aliphatic heterocycles. The topological polar surface area (TPSA) is 27.1 Å². The number of allylic oxidation sites excluding steroid dienone is 2. The van der Waals surface area contributed by atoms with Crippen LogP contribution in [0.4, 0.5) is 0 Å². The fraction of sp³-hybridized carbons (Fsp3) is 0.421. The molecule has 0 unspecified atom stereocenters. The summed E-state index contributed by atoms with van der Waals surface area (Å²) >= 11 is 0. The summed E-state index contributed by atoms with van der Waals surface area (Å²) in [5, 5.41) is 0. The second-order valence-electron chi connectivity index (χ2n) is 6.25. The third kappa shape index (κ3) is 4.00. The summed E-state index contributed by atoms with van der Waals surface area (Å²) < 4.78 is 8.11. The minimum Gasteiger partial charge on any atom is -0.430 e. The summed E-state index contributed by atoms with van der Waals surface area (Å²) in [6.07, 6.45) is 3.75. The summed E-state index contributed by atoms with van der Waals surface area (Å²) in [5.74, 6) is 1.90. The molecule has 0 atom stereocenters. The van der Waals surface area contributed by atoms with Gasteiger partial charge in [0.25, 0.3) is 0 Å². The number of imidazole rings is 1. The molecule has 1 heterocycles. The number of benzene rings is 1. The maximum atomic E-state index is 6.07. The van der Waals surface area contributed by atoms with Gasteiger partial charge in [-0.3, -0.25) is 4.57 Å². The predicted molar refractivity (Wildman–Crippen MR) is 90.8 cm³/mol. The van der Waals surface area contributed by atoms with Crippen molar-refractivity contribution in [1.82, 2.24) is 9.55 Å². The summed E-state index contributed by atoms with van der Waals surface area (Å²) in [4.78, 5) is 4.36. The highest BCUT2D eigenvalue weighted by Gasteiger charge is 2.15. The van der Waals surface area contributed by atoms with E-state index in [9.17, 15) is 0 Å². The molecule has 0 radical (unpaired) electrons. The van der Waals surface area contributed by atoms with Crippen LogP contribution in [-0.2, 0) is 6.54 Å². The van der Waals surface area contributed by atoms with Crippen molar-refractivity contribution in [3.05, 3.63) is 59.6 Å². The molecule has 0 spiro atoms. The SMILES string of the molecule is CC(Oc1nccn1Cc1ccccc1)=C(C(C)C)C(C)C. The number of rotatable bonds is 6. The Morgan fingerprint density at radius 3 is 2.32 bits per heavy atom. The molecular formula is C19H26N2O. The van der Waals surface area contributed by atoms with Gasteiger partial charge in [0, 0.05) is 12.4 Å². The van der Waals surface area contributed by atoms with Crippen LogP contribution in [0, 0.1) is 11.8 Å². The van der Waals surface area contributed by atoms with Gasteiger partial charge in [0.2, 0.25) is 0 Å². The van der Waals surface area contributed by atoms with Gasteiger partial charge in [-0.15, -0.1) is 0 Å². The molecule has 2 aromatic rings. The van der Waals surface area contributed by atoms with Crippen LogP contribution in [0.2, 0.25) is 0 Å². The molecule has 3 heteroatoms. The van der Waals surface area contributed by atoms with Crippen LogP contribution in [0.5, 0.6) is 6.01 Å². The smallest absolute Gasteiger partial charge is 0.301 e. The van der Waals surface area contributed by atoms with Crippen molar-refractivity contribution < 1.29 is 4.74 Å². The largest absolute Gasteiger partial charge is 0.430 e. The maximum Gasteiger partial charge on any atom is 0.301 e. The van der Waals surface area contributed by atoms with E-state index in [2.05, 4.69) is 44.8 Å². The van der Waals surface area contributed by atoms with Gasteiger partial charge >= 0.3 is 6.01 Å². The average Bonchev–Trinajstić information content (AvgIpc) is 2.86. The lowest BCUT2D eigenvalue weighted by Crippen LogP contribution is -2.11. The Bertz CT molecular complexity index is 614.